The highest BCUT2D eigenvalue weighted by atomic mass is 16.1. The molecule has 2 aliphatic carbocycles. The topological polar surface area (TPSA) is 17.1 Å². The maximum Gasteiger partial charge on any atom is 0.156 e. The van der Waals surface area contributed by atoms with E-state index < -0.39 is 0 Å². The second kappa shape index (κ2) is 2.46. The van der Waals surface area contributed by atoms with Gasteiger partial charge in [0.25, 0.3) is 0 Å². The zero-order chi connectivity index (χ0) is 9.80. The van der Waals surface area contributed by atoms with Gasteiger partial charge in [0.2, 0.25) is 0 Å². The quantitative estimate of drug-likeness (QED) is 0.603. The summed E-state index contributed by atoms with van der Waals surface area (Å²) in [4.78, 5) is 11.5. The lowest BCUT2D eigenvalue weighted by Gasteiger charge is -2.16. The summed E-state index contributed by atoms with van der Waals surface area (Å²) in [6.45, 7) is 8.45. The van der Waals surface area contributed by atoms with Crippen molar-refractivity contribution in [2.24, 2.45) is 17.3 Å². The third-order valence-electron chi connectivity index (χ3n) is 3.88. The Balaban J connectivity index is 2.44. The fourth-order valence-corrected chi connectivity index (χ4v) is 3.04. The highest BCUT2D eigenvalue weighted by molar-refractivity contribution is 5.96. The number of rotatable bonds is 1. The van der Waals surface area contributed by atoms with Crippen LogP contribution in [-0.2, 0) is 4.79 Å². The predicted molar refractivity (Wildman–Crippen MR) is 53.4 cm³/mol. The van der Waals surface area contributed by atoms with E-state index in [1.807, 2.05) is 0 Å². The Labute approximate surface area is 80.2 Å². The molecule has 0 aromatic carbocycles. The molecule has 2 rings (SSSR count). The van der Waals surface area contributed by atoms with Crippen LogP contribution in [0.3, 0.4) is 0 Å². The molecule has 2 aliphatic rings. The molecule has 0 aromatic rings. The molecule has 0 spiro atoms. The van der Waals surface area contributed by atoms with E-state index in [0.29, 0.717) is 17.1 Å². The van der Waals surface area contributed by atoms with E-state index in [2.05, 4.69) is 20.8 Å². The van der Waals surface area contributed by atoms with Gasteiger partial charge in [0.15, 0.2) is 5.78 Å². The summed E-state index contributed by atoms with van der Waals surface area (Å²) in [6.07, 6.45) is 2.49. The summed E-state index contributed by atoms with van der Waals surface area (Å²) in [5, 5.41) is 0. The normalized spacial score (nSPS) is 35.7. The number of carbonyl (C=O) groups is 1. The van der Waals surface area contributed by atoms with Crippen molar-refractivity contribution in [3.8, 4) is 0 Å². The Morgan fingerprint density at radius 1 is 1.38 bits per heavy atom. The molecule has 0 saturated heterocycles. The monoisotopic (exact) mass is 178 g/mol. The van der Waals surface area contributed by atoms with Gasteiger partial charge < -0.3 is 0 Å². The Bertz CT molecular complexity index is 296. The van der Waals surface area contributed by atoms with Crippen molar-refractivity contribution in [1.29, 1.82) is 0 Å². The molecule has 72 valence electrons. The second-order valence-electron chi connectivity index (χ2n) is 5.14. The Morgan fingerprint density at radius 3 is 2.46 bits per heavy atom. The van der Waals surface area contributed by atoms with Gasteiger partial charge in [-0.25, -0.2) is 0 Å². The summed E-state index contributed by atoms with van der Waals surface area (Å²) < 4.78 is 0. The van der Waals surface area contributed by atoms with Crippen molar-refractivity contribution in [1.82, 2.24) is 0 Å². The van der Waals surface area contributed by atoms with Crippen molar-refractivity contribution in [3.63, 3.8) is 0 Å². The largest absolute Gasteiger partial charge is 0.295 e. The molecule has 0 radical (unpaired) electrons. The van der Waals surface area contributed by atoms with E-state index in [-0.39, 0.29) is 0 Å². The summed E-state index contributed by atoms with van der Waals surface area (Å²) in [5.74, 6) is 1.53. The molecule has 1 saturated carbocycles. The average Bonchev–Trinajstić information content (AvgIpc) is 2.53. The summed E-state index contributed by atoms with van der Waals surface area (Å²) >= 11 is 0. The number of hydrogen-bond acceptors (Lipinski definition) is 1. The maximum absolute atomic E-state index is 11.5. The molecule has 1 heteroatoms. The number of hydrogen-bond donors (Lipinski definition) is 0. The van der Waals surface area contributed by atoms with Crippen LogP contribution in [-0.4, -0.2) is 5.78 Å². The molecule has 0 aromatic heterocycles. The number of allylic oxidation sites excluding steroid dienone is 2. The highest BCUT2D eigenvalue weighted by Crippen LogP contribution is 2.64. The lowest BCUT2D eigenvalue weighted by molar-refractivity contribution is -0.114. The lowest BCUT2D eigenvalue weighted by atomic mass is 9.87. The minimum atomic E-state index is 0.303. The Hall–Kier alpha value is -0.590. The molecular weight excluding hydrogens is 160 g/mol. The zero-order valence-corrected chi connectivity index (χ0v) is 8.98. The zero-order valence-electron chi connectivity index (χ0n) is 8.98. The lowest BCUT2D eigenvalue weighted by Crippen LogP contribution is -2.11. The molecule has 1 nitrogen and oxygen atoms in total. The molecular formula is C12H18O. The van der Waals surface area contributed by atoms with Gasteiger partial charge in [-0.05, 0) is 42.6 Å². The van der Waals surface area contributed by atoms with Gasteiger partial charge in [-0.2, -0.15) is 0 Å². The van der Waals surface area contributed by atoms with Crippen LogP contribution in [0.1, 0.15) is 40.5 Å². The number of ketones is 1. The van der Waals surface area contributed by atoms with Crippen LogP contribution in [0.2, 0.25) is 0 Å². The van der Waals surface area contributed by atoms with Crippen molar-refractivity contribution in [2.75, 3.05) is 0 Å². The van der Waals surface area contributed by atoms with Crippen LogP contribution in [0, 0.1) is 17.3 Å². The van der Waals surface area contributed by atoms with E-state index in [1.54, 1.807) is 6.92 Å². The first kappa shape index (κ1) is 8.98. The SMILES string of the molecule is CC(=O)C1=C2C(CCC1C)C2(C)C. The highest BCUT2D eigenvalue weighted by Gasteiger charge is 2.56. The van der Waals surface area contributed by atoms with Crippen molar-refractivity contribution >= 4 is 5.78 Å². The maximum atomic E-state index is 11.5. The average molecular weight is 178 g/mol. The van der Waals surface area contributed by atoms with E-state index in [4.69, 9.17) is 0 Å². The first-order valence-electron chi connectivity index (χ1n) is 5.21. The molecule has 2 unspecified atom stereocenters. The first-order chi connectivity index (χ1) is 5.96. The van der Waals surface area contributed by atoms with Crippen LogP contribution < -0.4 is 0 Å². The molecule has 1 fully saturated rings. The van der Waals surface area contributed by atoms with Crippen LogP contribution >= 0.6 is 0 Å². The van der Waals surface area contributed by atoms with Crippen LogP contribution in [0.25, 0.3) is 0 Å². The van der Waals surface area contributed by atoms with Crippen LogP contribution in [0.4, 0.5) is 0 Å². The molecule has 0 N–H and O–H groups in total. The van der Waals surface area contributed by atoms with Crippen molar-refractivity contribution in [2.45, 2.75) is 40.5 Å². The van der Waals surface area contributed by atoms with Gasteiger partial charge in [-0.15, -0.1) is 0 Å². The molecule has 0 aliphatic heterocycles. The van der Waals surface area contributed by atoms with E-state index in [9.17, 15) is 4.79 Å². The van der Waals surface area contributed by atoms with E-state index in [0.717, 1.165) is 11.5 Å². The van der Waals surface area contributed by atoms with Crippen molar-refractivity contribution in [3.05, 3.63) is 11.1 Å². The van der Waals surface area contributed by atoms with E-state index in [1.165, 1.54) is 18.4 Å². The fourth-order valence-electron chi connectivity index (χ4n) is 3.04. The Morgan fingerprint density at radius 2 is 2.00 bits per heavy atom. The third-order valence-corrected chi connectivity index (χ3v) is 3.88. The minimum Gasteiger partial charge on any atom is -0.295 e. The van der Waals surface area contributed by atoms with Gasteiger partial charge in [0, 0.05) is 0 Å². The van der Waals surface area contributed by atoms with Crippen LogP contribution in [0.5, 0.6) is 0 Å². The van der Waals surface area contributed by atoms with E-state index >= 15 is 0 Å². The minimum absolute atomic E-state index is 0.303. The fraction of sp³-hybridized carbons (Fsp3) is 0.750. The van der Waals surface area contributed by atoms with Gasteiger partial charge in [-0.1, -0.05) is 26.3 Å². The third kappa shape index (κ3) is 1.09. The first-order valence-corrected chi connectivity index (χ1v) is 5.21. The molecule has 0 amide bonds. The van der Waals surface area contributed by atoms with Gasteiger partial charge in [0.1, 0.15) is 0 Å². The van der Waals surface area contributed by atoms with Crippen molar-refractivity contribution < 1.29 is 4.79 Å². The molecule has 13 heavy (non-hydrogen) atoms. The number of carbonyl (C=O) groups excluding carboxylic acids is 1. The molecule has 2 atom stereocenters. The number of fused-ring (bicyclic) bond motifs is 1. The molecule has 0 heterocycles. The second-order valence-corrected chi connectivity index (χ2v) is 5.14. The summed E-state index contributed by atoms with van der Waals surface area (Å²) in [5.41, 5.74) is 2.96. The smallest absolute Gasteiger partial charge is 0.156 e. The Kier molecular flexibility index (Phi) is 1.70. The van der Waals surface area contributed by atoms with Crippen LogP contribution in [0.15, 0.2) is 11.1 Å². The predicted octanol–water partition coefficient (Wildman–Crippen LogP) is 2.96. The summed E-state index contributed by atoms with van der Waals surface area (Å²) in [6, 6.07) is 0. The van der Waals surface area contributed by atoms with Gasteiger partial charge >= 0.3 is 0 Å². The van der Waals surface area contributed by atoms with Gasteiger partial charge in [-0.3, -0.25) is 4.79 Å². The standard InChI is InChI=1S/C12H18O/c1-7-5-6-9-11(12(9,3)4)10(7)8(2)13/h7,9H,5-6H2,1-4H3. The number of Topliss-reactive ketones (excluding diaryl/α,β-unsaturated/α-hetero) is 1. The summed E-state index contributed by atoms with van der Waals surface area (Å²) in [7, 11) is 0. The molecule has 0 bridgehead atoms. The van der Waals surface area contributed by atoms with Gasteiger partial charge in [0.05, 0.1) is 0 Å².